The maximum atomic E-state index is 8.38. The maximum absolute atomic E-state index is 8.38. The molecule has 0 spiro atoms. The number of halogens is 1. The molecule has 0 N–H and O–H groups in total. The molecule has 3 aromatic rings. The molecule has 0 aliphatic heterocycles. The van der Waals surface area contributed by atoms with E-state index in [4.69, 9.17) is 26.9 Å². The monoisotopic (exact) mass is 369 g/mol. The van der Waals surface area contributed by atoms with Crippen LogP contribution in [-0.2, 0) is 24.2 Å². The zero-order valence-corrected chi connectivity index (χ0v) is 15.6. The van der Waals surface area contributed by atoms with Gasteiger partial charge in [0, 0.05) is 35.7 Å². The van der Waals surface area contributed by atoms with Crippen LogP contribution in [0.25, 0.3) is 27.2 Å². The van der Waals surface area contributed by atoms with Gasteiger partial charge < -0.3 is 4.74 Å². The molecule has 0 amide bonds. The first-order valence-corrected chi connectivity index (χ1v) is 8.84. The third-order valence-corrected chi connectivity index (χ3v) is 4.62. The summed E-state index contributed by atoms with van der Waals surface area (Å²) in [7, 11) is 1.65. The van der Waals surface area contributed by atoms with Gasteiger partial charge in [0.2, 0.25) is 0 Å². The molecule has 26 heavy (non-hydrogen) atoms. The lowest BCUT2D eigenvalue weighted by atomic mass is 10.1. The predicted molar refractivity (Wildman–Crippen MR) is 104 cm³/mol. The van der Waals surface area contributed by atoms with Crippen LogP contribution in [-0.4, -0.2) is 23.2 Å². The molecule has 0 aliphatic carbocycles. The number of methoxy groups -OCH3 is 1. The normalized spacial score (nSPS) is 10.9. The predicted octanol–water partition coefficient (Wildman–Crippen LogP) is 5.24. The van der Waals surface area contributed by atoms with Crippen LogP contribution in [0.15, 0.2) is 41.5 Å². The number of azide groups is 1. The first kappa shape index (κ1) is 18.3. The van der Waals surface area contributed by atoms with E-state index in [-0.39, 0.29) is 0 Å². The Kier molecular flexibility index (Phi) is 5.78. The number of fused-ring (bicyclic) bond motifs is 1. The Bertz CT molecular complexity index is 958. The lowest BCUT2D eigenvalue weighted by Gasteiger charge is -2.10. The number of nitrogens with zero attached hydrogens (tertiary/aromatic N) is 5. The zero-order valence-electron chi connectivity index (χ0n) is 14.8. The zero-order chi connectivity index (χ0) is 18.5. The smallest absolute Gasteiger partial charge is 0.114 e. The minimum absolute atomic E-state index is 0.460. The summed E-state index contributed by atoms with van der Waals surface area (Å²) in [6, 6.07) is 12.2. The second-order valence-electron chi connectivity index (χ2n) is 5.95. The molecule has 0 atom stereocenters. The average Bonchev–Trinajstić information content (AvgIpc) is 3.00. The maximum Gasteiger partial charge on any atom is 0.114 e. The number of ether oxygens (including phenoxy) is 1. The van der Waals surface area contributed by atoms with Crippen LogP contribution < -0.4 is 0 Å². The highest BCUT2D eigenvalue weighted by molar-refractivity contribution is 6.32. The number of benzene rings is 2. The number of aryl methyl sites for hydroxylation is 1. The SMILES string of the molecule is CCc1nc2cc(COC)c(Cl)cc2n1-c1ccc(CCN=[N+]=[N-])cc1. The molecule has 2 aromatic carbocycles. The van der Waals surface area contributed by atoms with Crippen molar-refractivity contribution in [2.24, 2.45) is 5.11 Å². The van der Waals surface area contributed by atoms with E-state index in [9.17, 15) is 0 Å². The van der Waals surface area contributed by atoms with E-state index in [1.54, 1.807) is 7.11 Å². The van der Waals surface area contributed by atoms with Crippen LogP contribution in [0.1, 0.15) is 23.9 Å². The van der Waals surface area contributed by atoms with Gasteiger partial charge in [-0.05, 0) is 47.3 Å². The fourth-order valence-corrected chi connectivity index (χ4v) is 3.23. The van der Waals surface area contributed by atoms with Crippen LogP contribution in [0, 0.1) is 0 Å². The fraction of sp³-hybridized carbons (Fsp3) is 0.316. The van der Waals surface area contributed by atoms with Gasteiger partial charge in [-0.25, -0.2) is 4.98 Å². The highest BCUT2D eigenvalue weighted by Crippen LogP contribution is 2.28. The number of hydrogen-bond donors (Lipinski definition) is 0. The molecule has 0 bridgehead atoms. The molecule has 0 radical (unpaired) electrons. The molecule has 0 fully saturated rings. The molecule has 134 valence electrons. The van der Waals surface area contributed by atoms with Gasteiger partial charge in [-0.3, -0.25) is 4.57 Å². The fourth-order valence-electron chi connectivity index (χ4n) is 3.02. The van der Waals surface area contributed by atoms with Crippen molar-refractivity contribution in [3.63, 3.8) is 0 Å². The highest BCUT2D eigenvalue weighted by atomic mass is 35.5. The van der Waals surface area contributed by atoms with Gasteiger partial charge in [-0.15, -0.1) is 0 Å². The average molecular weight is 370 g/mol. The second kappa shape index (κ2) is 8.23. The van der Waals surface area contributed by atoms with Crippen LogP contribution in [0.5, 0.6) is 0 Å². The van der Waals surface area contributed by atoms with Gasteiger partial charge in [0.25, 0.3) is 0 Å². The third-order valence-electron chi connectivity index (χ3n) is 4.27. The Morgan fingerprint density at radius 2 is 2.04 bits per heavy atom. The Balaban J connectivity index is 2.03. The number of aromatic nitrogens is 2. The number of imidazole rings is 1. The minimum atomic E-state index is 0.460. The van der Waals surface area contributed by atoms with Crippen molar-refractivity contribution in [2.75, 3.05) is 13.7 Å². The molecule has 0 unspecified atom stereocenters. The number of hydrogen-bond acceptors (Lipinski definition) is 3. The number of rotatable bonds is 7. The molecule has 0 saturated heterocycles. The van der Waals surface area contributed by atoms with Gasteiger partial charge in [-0.2, -0.15) is 0 Å². The van der Waals surface area contributed by atoms with E-state index in [1.807, 2.05) is 12.1 Å². The Morgan fingerprint density at radius 1 is 1.27 bits per heavy atom. The van der Waals surface area contributed by atoms with Crippen molar-refractivity contribution in [2.45, 2.75) is 26.4 Å². The van der Waals surface area contributed by atoms with E-state index in [0.29, 0.717) is 18.2 Å². The first-order chi connectivity index (χ1) is 12.7. The summed E-state index contributed by atoms with van der Waals surface area (Å²) in [6.07, 6.45) is 1.53. The molecule has 3 rings (SSSR count). The van der Waals surface area contributed by atoms with Crippen molar-refractivity contribution < 1.29 is 4.74 Å². The molecule has 7 heteroatoms. The summed E-state index contributed by atoms with van der Waals surface area (Å²) in [4.78, 5) is 7.55. The van der Waals surface area contributed by atoms with Crippen LogP contribution >= 0.6 is 11.6 Å². The molecule has 0 aliphatic rings. The molecule has 1 heterocycles. The summed E-state index contributed by atoms with van der Waals surface area (Å²) in [5.74, 6) is 0.979. The van der Waals surface area contributed by atoms with Crippen molar-refractivity contribution in [3.8, 4) is 5.69 Å². The quantitative estimate of drug-likeness (QED) is 0.324. The Morgan fingerprint density at radius 3 is 2.69 bits per heavy atom. The molecular formula is C19H20ClN5O. The molecule has 6 nitrogen and oxygen atoms in total. The van der Waals surface area contributed by atoms with Crippen molar-refractivity contribution in [1.29, 1.82) is 0 Å². The van der Waals surface area contributed by atoms with Gasteiger partial charge in [0.05, 0.1) is 17.6 Å². The minimum Gasteiger partial charge on any atom is -0.380 e. The summed E-state index contributed by atoms with van der Waals surface area (Å²) in [5.41, 5.74) is 13.4. The van der Waals surface area contributed by atoms with Gasteiger partial charge in [0.15, 0.2) is 0 Å². The molecule has 1 aromatic heterocycles. The standard InChI is InChI=1S/C19H20ClN5O/c1-3-19-23-17-10-14(12-26-2)16(20)11-18(17)25(19)15-6-4-13(5-7-15)8-9-22-24-21/h4-7,10-11H,3,8-9,12H2,1-2H3. The van der Waals surface area contributed by atoms with Crippen LogP contribution in [0.2, 0.25) is 5.02 Å². The third kappa shape index (κ3) is 3.68. The first-order valence-electron chi connectivity index (χ1n) is 8.46. The summed E-state index contributed by atoms with van der Waals surface area (Å²) < 4.78 is 7.34. The second-order valence-corrected chi connectivity index (χ2v) is 6.36. The summed E-state index contributed by atoms with van der Waals surface area (Å²) in [6.45, 7) is 3.01. The Labute approximate surface area is 157 Å². The lowest BCUT2D eigenvalue weighted by Crippen LogP contribution is -2.00. The van der Waals surface area contributed by atoms with Gasteiger partial charge in [0.1, 0.15) is 5.82 Å². The Hall–Kier alpha value is -2.53. The largest absolute Gasteiger partial charge is 0.380 e. The van der Waals surface area contributed by atoms with Crippen LogP contribution in [0.4, 0.5) is 0 Å². The molecule has 0 saturated carbocycles. The summed E-state index contributed by atoms with van der Waals surface area (Å²) >= 11 is 6.43. The van der Waals surface area contributed by atoms with E-state index < -0.39 is 0 Å². The van der Waals surface area contributed by atoms with E-state index in [0.717, 1.165) is 46.5 Å². The van der Waals surface area contributed by atoms with Crippen LogP contribution in [0.3, 0.4) is 0 Å². The van der Waals surface area contributed by atoms with E-state index in [2.05, 4.69) is 45.8 Å². The topological polar surface area (TPSA) is 75.8 Å². The van der Waals surface area contributed by atoms with Gasteiger partial charge in [-0.1, -0.05) is 35.8 Å². The molecular weight excluding hydrogens is 350 g/mol. The summed E-state index contributed by atoms with van der Waals surface area (Å²) in [5, 5.41) is 4.26. The van der Waals surface area contributed by atoms with Crippen molar-refractivity contribution >= 4 is 22.6 Å². The van der Waals surface area contributed by atoms with Crippen molar-refractivity contribution in [1.82, 2.24) is 9.55 Å². The van der Waals surface area contributed by atoms with E-state index in [1.165, 1.54) is 0 Å². The van der Waals surface area contributed by atoms with E-state index >= 15 is 0 Å². The lowest BCUT2D eigenvalue weighted by molar-refractivity contribution is 0.185. The van der Waals surface area contributed by atoms with Gasteiger partial charge >= 0.3 is 0 Å². The highest BCUT2D eigenvalue weighted by Gasteiger charge is 2.14. The van der Waals surface area contributed by atoms with Crippen molar-refractivity contribution in [3.05, 3.63) is 68.8 Å².